The fourth-order valence-corrected chi connectivity index (χ4v) is 1.86. The molecule has 0 fully saturated rings. The van der Waals surface area contributed by atoms with Crippen molar-refractivity contribution in [1.29, 1.82) is 0 Å². The number of hydrogen-bond acceptors (Lipinski definition) is 2. The lowest BCUT2D eigenvalue weighted by atomic mass is 10.2. The monoisotopic (exact) mass is 298 g/mol. The zero-order valence-electron chi connectivity index (χ0n) is 11.0. The van der Waals surface area contributed by atoms with E-state index in [4.69, 9.17) is 21.1 Å². The first-order chi connectivity index (χ1) is 9.51. The summed E-state index contributed by atoms with van der Waals surface area (Å²) in [6.07, 6.45) is 0. The summed E-state index contributed by atoms with van der Waals surface area (Å²) in [5.41, 5.74) is 0.782. The van der Waals surface area contributed by atoms with E-state index in [0.717, 1.165) is 0 Å². The lowest BCUT2D eigenvalue weighted by molar-refractivity contribution is 0.278. The molecule has 20 heavy (non-hydrogen) atoms. The van der Waals surface area contributed by atoms with Crippen LogP contribution in [0.3, 0.4) is 0 Å². The summed E-state index contributed by atoms with van der Waals surface area (Å²) >= 11 is 5.67. The maximum atomic E-state index is 13.6. The average molecular weight is 299 g/mol. The molecule has 0 amide bonds. The van der Waals surface area contributed by atoms with Gasteiger partial charge in [0.1, 0.15) is 18.2 Å². The van der Waals surface area contributed by atoms with Gasteiger partial charge in [0.25, 0.3) is 0 Å². The molecular formula is C15H13ClF2O2. The van der Waals surface area contributed by atoms with Crippen LogP contribution in [0, 0.1) is 18.6 Å². The topological polar surface area (TPSA) is 18.5 Å². The van der Waals surface area contributed by atoms with Crippen LogP contribution < -0.4 is 9.47 Å². The van der Waals surface area contributed by atoms with E-state index in [9.17, 15) is 8.78 Å². The number of hydrogen-bond donors (Lipinski definition) is 0. The third-order valence-corrected chi connectivity index (χ3v) is 3.08. The number of benzene rings is 2. The van der Waals surface area contributed by atoms with Gasteiger partial charge in [0.2, 0.25) is 0 Å². The van der Waals surface area contributed by atoms with Crippen molar-refractivity contribution in [2.24, 2.45) is 0 Å². The van der Waals surface area contributed by atoms with E-state index >= 15 is 0 Å². The van der Waals surface area contributed by atoms with Gasteiger partial charge in [0.05, 0.1) is 7.11 Å². The van der Waals surface area contributed by atoms with Gasteiger partial charge in [-0.15, -0.1) is 0 Å². The number of aryl methyl sites for hydroxylation is 1. The lowest BCUT2D eigenvalue weighted by Gasteiger charge is -2.12. The van der Waals surface area contributed by atoms with Crippen LogP contribution in [-0.4, -0.2) is 7.11 Å². The molecule has 0 N–H and O–H groups in total. The van der Waals surface area contributed by atoms with E-state index < -0.39 is 11.6 Å². The van der Waals surface area contributed by atoms with Gasteiger partial charge >= 0.3 is 0 Å². The van der Waals surface area contributed by atoms with E-state index in [2.05, 4.69) is 0 Å². The van der Waals surface area contributed by atoms with Crippen LogP contribution in [0.2, 0.25) is 5.02 Å². The third kappa shape index (κ3) is 3.20. The van der Waals surface area contributed by atoms with Crippen LogP contribution in [0.4, 0.5) is 8.78 Å². The number of ether oxygens (including phenoxy) is 2. The number of halogens is 3. The van der Waals surface area contributed by atoms with Gasteiger partial charge in [-0.2, -0.15) is 0 Å². The highest BCUT2D eigenvalue weighted by Gasteiger charge is 2.11. The van der Waals surface area contributed by atoms with Gasteiger partial charge in [-0.1, -0.05) is 17.7 Å². The summed E-state index contributed by atoms with van der Waals surface area (Å²) in [5.74, 6) is -0.246. The van der Waals surface area contributed by atoms with Gasteiger partial charge in [-0.05, 0) is 30.7 Å². The highest BCUT2D eigenvalue weighted by molar-refractivity contribution is 6.30. The summed E-state index contributed by atoms with van der Waals surface area (Å²) in [7, 11) is 1.46. The molecule has 0 spiro atoms. The lowest BCUT2D eigenvalue weighted by Crippen LogP contribution is -2.01. The molecule has 0 heterocycles. The molecule has 0 unspecified atom stereocenters. The molecule has 0 aliphatic carbocycles. The van der Waals surface area contributed by atoms with Gasteiger partial charge in [-0.3, -0.25) is 0 Å². The standard InChI is InChI=1S/C15H13ClF2O2/c1-9-5-14(19-2)15(7-12(9)17)20-8-10-3-4-11(16)6-13(10)18/h3-7H,8H2,1-2H3. The summed E-state index contributed by atoms with van der Waals surface area (Å²) < 4.78 is 37.7. The Morgan fingerprint density at radius 1 is 1.05 bits per heavy atom. The zero-order valence-corrected chi connectivity index (χ0v) is 11.8. The Hall–Kier alpha value is -1.81. The Morgan fingerprint density at radius 3 is 2.45 bits per heavy atom. The minimum atomic E-state index is -0.468. The van der Waals surface area contributed by atoms with E-state index in [0.29, 0.717) is 21.9 Å². The summed E-state index contributed by atoms with van der Waals surface area (Å²) in [6.45, 7) is 1.59. The smallest absolute Gasteiger partial charge is 0.164 e. The molecule has 0 saturated carbocycles. The van der Waals surface area contributed by atoms with Crippen LogP contribution in [0.5, 0.6) is 11.5 Å². The molecule has 0 aromatic heterocycles. The zero-order chi connectivity index (χ0) is 14.7. The Kier molecular flexibility index (Phi) is 4.45. The van der Waals surface area contributed by atoms with E-state index in [-0.39, 0.29) is 12.4 Å². The van der Waals surface area contributed by atoms with Crippen LogP contribution >= 0.6 is 11.6 Å². The Balaban J connectivity index is 2.20. The van der Waals surface area contributed by atoms with Gasteiger partial charge in [0.15, 0.2) is 11.5 Å². The number of methoxy groups -OCH3 is 1. The maximum Gasteiger partial charge on any atom is 0.164 e. The van der Waals surface area contributed by atoms with E-state index in [1.165, 1.54) is 31.4 Å². The molecule has 2 rings (SSSR count). The predicted molar refractivity (Wildman–Crippen MR) is 73.4 cm³/mol. The normalized spacial score (nSPS) is 10.4. The molecule has 0 bridgehead atoms. The van der Waals surface area contributed by atoms with Crippen molar-refractivity contribution in [2.75, 3.05) is 7.11 Å². The van der Waals surface area contributed by atoms with Crippen molar-refractivity contribution >= 4 is 11.6 Å². The molecule has 2 aromatic rings. The van der Waals surface area contributed by atoms with Crippen molar-refractivity contribution in [1.82, 2.24) is 0 Å². The van der Waals surface area contributed by atoms with Crippen molar-refractivity contribution in [2.45, 2.75) is 13.5 Å². The van der Waals surface area contributed by atoms with E-state index in [1.54, 1.807) is 13.0 Å². The predicted octanol–water partition coefficient (Wildman–Crippen LogP) is 4.51. The van der Waals surface area contributed by atoms with E-state index in [1.807, 2.05) is 0 Å². The fraction of sp³-hybridized carbons (Fsp3) is 0.200. The first-order valence-corrected chi connectivity index (χ1v) is 6.30. The first kappa shape index (κ1) is 14.6. The Morgan fingerprint density at radius 2 is 1.80 bits per heavy atom. The Bertz CT molecular complexity index is 630. The van der Waals surface area contributed by atoms with Crippen molar-refractivity contribution in [3.05, 3.63) is 58.1 Å². The van der Waals surface area contributed by atoms with Gasteiger partial charge in [-0.25, -0.2) is 8.78 Å². The third-order valence-electron chi connectivity index (χ3n) is 2.84. The molecule has 106 valence electrons. The molecule has 5 heteroatoms. The van der Waals surface area contributed by atoms with Crippen LogP contribution in [-0.2, 0) is 6.61 Å². The van der Waals surface area contributed by atoms with Crippen LogP contribution in [0.25, 0.3) is 0 Å². The molecular weight excluding hydrogens is 286 g/mol. The molecule has 0 atom stereocenters. The van der Waals surface area contributed by atoms with Crippen LogP contribution in [0.15, 0.2) is 30.3 Å². The highest BCUT2D eigenvalue weighted by Crippen LogP contribution is 2.30. The second kappa shape index (κ2) is 6.09. The highest BCUT2D eigenvalue weighted by atomic mass is 35.5. The largest absolute Gasteiger partial charge is 0.493 e. The molecule has 2 aromatic carbocycles. The SMILES string of the molecule is COc1cc(C)c(F)cc1OCc1ccc(Cl)cc1F. The van der Waals surface area contributed by atoms with Crippen molar-refractivity contribution in [3.63, 3.8) is 0 Å². The minimum absolute atomic E-state index is 0.0398. The summed E-state index contributed by atoms with van der Waals surface area (Å²) in [4.78, 5) is 0. The van der Waals surface area contributed by atoms with Gasteiger partial charge < -0.3 is 9.47 Å². The molecule has 2 nitrogen and oxygen atoms in total. The van der Waals surface area contributed by atoms with Gasteiger partial charge in [0, 0.05) is 16.7 Å². The quantitative estimate of drug-likeness (QED) is 0.826. The second-order valence-corrected chi connectivity index (χ2v) is 4.71. The van der Waals surface area contributed by atoms with Crippen molar-refractivity contribution in [3.8, 4) is 11.5 Å². The average Bonchev–Trinajstić information content (AvgIpc) is 2.41. The second-order valence-electron chi connectivity index (χ2n) is 4.28. The van der Waals surface area contributed by atoms with Crippen molar-refractivity contribution < 1.29 is 18.3 Å². The minimum Gasteiger partial charge on any atom is -0.493 e. The maximum absolute atomic E-state index is 13.6. The molecule has 0 saturated heterocycles. The molecule has 0 aliphatic rings. The number of rotatable bonds is 4. The molecule has 0 aliphatic heterocycles. The summed E-state index contributed by atoms with van der Waals surface area (Å²) in [5, 5.41) is 0.310. The fourth-order valence-electron chi connectivity index (χ4n) is 1.70. The van der Waals surface area contributed by atoms with Crippen LogP contribution in [0.1, 0.15) is 11.1 Å². The Labute approximate surface area is 120 Å². The molecule has 0 radical (unpaired) electrons. The first-order valence-electron chi connectivity index (χ1n) is 5.92. The summed E-state index contributed by atoms with van der Waals surface area (Å²) in [6, 6.07) is 7.04.